The first kappa shape index (κ1) is 14.4. The summed E-state index contributed by atoms with van der Waals surface area (Å²) >= 11 is 0. The van der Waals surface area contributed by atoms with Crippen LogP contribution in [0.3, 0.4) is 0 Å². The van der Waals surface area contributed by atoms with E-state index in [4.69, 9.17) is 5.11 Å². The fourth-order valence-electron chi connectivity index (χ4n) is 2.31. The molecule has 0 spiro atoms. The number of nitrogens with zero attached hydrogens (tertiary/aromatic N) is 1. The minimum atomic E-state index is -1.12. The molecule has 1 amide bonds. The van der Waals surface area contributed by atoms with Gasteiger partial charge in [0.1, 0.15) is 5.92 Å². The van der Waals surface area contributed by atoms with Crippen LogP contribution < -0.4 is 10.2 Å². The lowest BCUT2D eigenvalue weighted by Crippen LogP contribution is -2.27. The summed E-state index contributed by atoms with van der Waals surface area (Å²) in [5.41, 5.74) is 2.77. The van der Waals surface area contributed by atoms with Crippen LogP contribution in [-0.2, 0) is 9.59 Å². The molecule has 0 bridgehead atoms. The standard InChI is InChI=1S/C15H20N2O3/c1-10-9-12(17-7-3-4-8-17)5-6-13(10)16-14(18)11(2)15(19)20/h5-6,9,11H,3-4,7-8H2,1-2H3,(H,16,18)(H,19,20). The average Bonchev–Trinajstić information content (AvgIpc) is 2.93. The van der Waals surface area contributed by atoms with Gasteiger partial charge in [-0.05, 0) is 50.5 Å². The van der Waals surface area contributed by atoms with Crippen molar-refractivity contribution in [3.05, 3.63) is 23.8 Å². The van der Waals surface area contributed by atoms with Crippen LogP contribution in [0.25, 0.3) is 0 Å². The first-order chi connectivity index (χ1) is 9.49. The van der Waals surface area contributed by atoms with Crippen LogP contribution in [0.5, 0.6) is 0 Å². The molecule has 1 aliphatic rings. The molecule has 1 saturated heterocycles. The number of carbonyl (C=O) groups excluding carboxylic acids is 1. The molecule has 0 radical (unpaired) electrons. The van der Waals surface area contributed by atoms with Crippen LogP contribution >= 0.6 is 0 Å². The molecule has 5 nitrogen and oxygen atoms in total. The lowest BCUT2D eigenvalue weighted by molar-refractivity contribution is -0.144. The minimum absolute atomic E-state index is 0.491. The second-order valence-electron chi connectivity index (χ2n) is 5.24. The predicted octanol–water partition coefficient (Wildman–Crippen LogP) is 2.25. The number of carbonyl (C=O) groups is 2. The molecular formula is C15H20N2O3. The topological polar surface area (TPSA) is 69.6 Å². The molecule has 1 heterocycles. The number of carboxylic acids is 1. The molecule has 2 N–H and O–H groups in total. The van der Waals surface area contributed by atoms with Gasteiger partial charge in [0, 0.05) is 24.5 Å². The van der Waals surface area contributed by atoms with E-state index in [0.29, 0.717) is 5.69 Å². The maximum Gasteiger partial charge on any atom is 0.315 e. The van der Waals surface area contributed by atoms with Crippen molar-refractivity contribution >= 4 is 23.3 Å². The van der Waals surface area contributed by atoms with Crippen molar-refractivity contribution in [2.75, 3.05) is 23.3 Å². The van der Waals surface area contributed by atoms with Crippen molar-refractivity contribution in [2.24, 2.45) is 5.92 Å². The molecule has 2 rings (SSSR count). The zero-order chi connectivity index (χ0) is 14.7. The molecule has 1 aromatic carbocycles. The smallest absolute Gasteiger partial charge is 0.315 e. The van der Waals surface area contributed by atoms with E-state index >= 15 is 0 Å². The van der Waals surface area contributed by atoms with Crippen molar-refractivity contribution in [1.29, 1.82) is 0 Å². The number of aryl methyl sites for hydroxylation is 1. The largest absolute Gasteiger partial charge is 0.481 e. The van der Waals surface area contributed by atoms with Gasteiger partial charge in [-0.1, -0.05) is 0 Å². The maximum absolute atomic E-state index is 11.7. The number of anilines is 2. The number of nitrogens with one attached hydrogen (secondary N) is 1. The quantitative estimate of drug-likeness (QED) is 0.828. The van der Waals surface area contributed by atoms with Gasteiger partial charge in [0.05, 0.1) is 0 Å². The summed E-state index contributed by atoms with van der Waals surface area (Å²) in [6, 6.07) is 5.85. The summed E-state index contributed by atoms with van der Waals surface area (Å²) < 4.78 is 0. The van der Waals surface area contributed by atoms with Gasteiger partial charge in [-0.25, -0.2) is 0 Å². The minimum Gasteiger partial charge on any atom is -0.481 e. The lowest BCUT2D eigenvalue weighted by atomic mass is 10.1. The number of aliphatic carboxylic acids is 1. The van der Waals surface area contributed by atoms with E-state index in [-0.39, 0.29) is 0 Å². The Morgan fingerprint density at radius 1 is 1.30 bits per heavy atom. The predicted molar refractivity (Wildman–Crippen MR) is 78.1 cm³/mol. The Hall–Kier alpha value is -2.04. The third-order valence-corrected chi connectivity index (χ3v) is 3.70. The average molecular weight is 276 g/mol. The molecule has 108 valence electrons. The fourth-order valence-corrected chi connectivity index (χ4v) is 2.31. The maximum atomic E-state index is 11.7. The van der Waals surface area contributed by atoms with Crippen molar-refractivity contribution in [2.45, 2.75) is 26.7 Å². The van der Waals surface area contributed by atoms with Gasteiger partial charge in [0.25, 0.3) is 0 Å². The number of hydrogen-bond donors (Lipinski definition) is 2. The lowest BCUT2D eigenvalue weighted by Gasteiger charge is -2.19. The van der Waals surface area contributed by atoms with E-state index in [9.17, 15) is 9.59 Å². The zero-order valence-electron chi connectivity index (χ0n) is 11.8. The van der Waals surface area contributed by atoms with Crippen LogP contribution in [-0.4, -0.2) is 30.1 Å². The zero-order valence-corrected chi connectivity index (χ0v) is 11.8. The third kappa shape index (κ3) is 3.10. The van der Waals surface area contributed by atoms with E-state index in [1.165, 1.54) is 19.8 Å². The van der Waals surface area contributed by atoms with Crippen molar-refractivity contribution in [1.82, 2.24) is 0 Å². The summed E-state index contributed by atoms with van der Waals surface area (Å²) in [6.07, 6.45) is 2.43. The molecule has 1 aliphatic heterocycles. The molecular weight excluding hydrogens is 256 g/mol. The van der Waals surface area contributed by atoms with E-state index in [1.54, 1.807) is 0 Å². The summed E-state index contributed by atoms with van der Waals surface area (Å²) in [4.78, 5) is 24.8. The van der Waals surface area contributed by atoms with Crippen LogP contribution in [0, 0.1) is 12.8 Å². The van der Waals surface area contributed by atoms with Crippen molar-refractivity contribution in [3.63, 3.8) is 0 Å². The van der Waals surface area contributed by atoms with Gasteiger partial charge in [-0.15, -0.1) is 0 Å². The molecule has 0 aliphatic carbocycles. The second kappa shape index (κ2) is 5.94. The van der Waals surface area contributed by atoms with Crippen molar-refractivity contribution in [3.8, 4) is 0 Å². The molecule has 0 aromatic heterocycles. The number of hydrogen-bond acceptors (Lipinski definition) is 3. The highest BCUT2D eigenvalue weighted by atomic mass is 16.4. The van der Waals surface area contributed by atoms with E-state index in [2.05, 4.69) is 10.2 Å². The summed E-state index contributed by atoms with van der Waals surface area (Å²) in [7, 11) is 0. The molecule has 5 heteroatoms. The Labute approximate surface area is 118 Å². The van der Waals surface area contributed by atoms with Crippen LogP contribution in [0.15, 0.2) is 18.2 Å². The van der Waals surface area contributed by atoms with E-state index < -0.39 is 17.8 Å². The third-order valence-electron chi connectivity index (χ3n) is 3.70. The Morgan fingerprint density at radius 2 is 1.95 bits per heavy atom. The van der Waals surface area contributed by atoms with E-state index in [1.807, 2.05) is 25.1 Å². The molecule has 20 heavy (non-hydrogen) atoms. The van der Waals surface area contributed by atoms with Crippen molar-refractivity contribution < 1.29 is 14.7 Å². The summed E-state index contributed by atoms with van der Waals surface area (Å²) in [6.45, 7) is 5.44. The highest BCUT2D eigenvalue weighted by Gasteiger charge is 2.21. The normalized spacial score (nSPS) is 16.0. The van der Waals surface area contributed by atoms with Gasteiger partial charge in [-0.2, -0.15) is 0 Å². The molecule has 1 unspecified atom stereocenters. The molecule has 0 saturated carbocycles. The van der Waals surface area contributed by atoms with Crippen LogP contribution in [0.1, 0.15) is 25.3 Å². The van der Waals surface area contributed by atoms with Gasteiger partial charge < -0.3 is 15.3 Å². The Morgan fingerprint density at radius 3 is 2.50 bits per heavy atom. The van der Waals surface area contributed by atoms with Gasteiger partial charge >= 0.3 is 5.97 Å². The second-order valence-corrected chi connectivity index (χ2v) is 5.24. The Kier molecular flexibility index (Phi) is 4.27. The SMILES string of the molecule is Cc1cc(N2CCCC2)ccc1NC(=O)C(C)C(=O)O. The van der Waals surface area contributed by atoms with Crippen LogP contribution in [0.2, 0.25) is 0 Å². The van der Waals surface area contributed by atoms with Crippen LogP contribution in [0.4, 0.5) is 11.4 Å². The Balaban J connectivity index is 2.09. The Bertz CT molecular complexity index is 522. The number of benzene rings is 1. The summed E-state index contributed by atoms with van der Waals surface area (Å²) in [5.74, 6) is -2.66. The van der Waals surface area contributed by atoms with Gasteiger partial charge in [0.15, 0.2) is 0 Å². The fraction of sp³-hybridized carbons (Fsp3) is 0.467. The number of rotatable bonds is 4. The van der Waals surface area contributed by atoms with E-state index in [0.717, 1.165) is 24.3 Å². The highest BCUT2D eigenvalue weighted by molar-refractivity contribution is 6.04. The number of carboxylic acid groups (broad SMARTS) is 1. The number of amides is 1. The summed E-state index contributed by atoms with van der Waals surface area (Å²) in [5, 5.41) is 11.5. The molecule has 1 fully saturated rings. The first-order valence-corrected chi connectivity index (χ1v) is 6.88. The van der Waals surface area contributed by atoms with Gasteiger partial charge in [0.2, 0.25) is 5.91 Å². The molecule has 1 aromatic rings. The molecule has 1 atom stereocenters. The van der Waals surface area contributed by atoms with Gasteiger partial charge in [-0.3, -0.25) is 9.59 Å². The monoisotopic (exact) mass is 276 g/mol. The highest BCUT2D eigenvalue weighted by Crippen LogP contribution is 2.25. The first-order valence-electron chi connectivity index (χ1n) is 6.88.